The molecule has 1 aromatic heterocycles. The Morgan fingerprint density at radius 1 is 1.28 bits per heavy atom. The zero-order chi connectivity index (χ0) is 18.1. The van der Waals surface area contributed by atoms with Crippen LogP contribution in [0.5, 0.6) is 0 Å². The molecule has 0 fully saturated rings. The number of aromatic nitrogens is 2. The van der Waals surface area contributed by atoms with Gasteiger partial charge < -0.3 is 10.1 Å². The molecule has 0 unspecified atom stereocenters. The third kappa shape index (κ3) is 6.36. The zero-order valence-corrected chi connectivity index (χ0v) is 15.3. The highest BCUT2D eigenvalue weighted by Crippen LogP contribution is 2.21. The normalized spacial score (nSPS) is 10.3. The van der Waals surface area contributed by atoms with E-state index in [2.05, 4.69) is 20.0 Å². The minimum atomic E-state index is -0.390. The van der Waals surface area contributed by atoms with Crippen molar-refractivity contribution < 1.29 is 14.3 Å². The van der Waals surface area contributed by atoms with Crippen LogP contribution in [-0.4, -0.2) is 35.5 Å². The number of hydrogen-bond donors (Lipinski definition) is 1. The minimum Gasteiger partial charge on any atom is -0.469 e. The molecule has 2 rings (SSSR count). The van der Waals surface area contributed by atoms with Gasteiger partial charge in [-0.05, 0) is 12.0 Å². The third-order valence-corrected chi connectivity index (χ3v) is 4.43. The maximum atomic E-state index is 12.2. The van der Waals surface area contributed by atoms with Crippen molar-refractivity contribution >= 4 is 35.2 Å². The molecule has 0 aliphatic rings. The van der Waals surface area contributed by atoms with Crippen molar-refractivity contribution in [3.63, 3.8) is 0 Å². The molecule has 25 heavy (non-hydrogen) atoms. The first-order valence-electron chi connectivity index (χ1n) is 7.64. The first kappa shape index (κ1) is 19.2. The number of ether oxygens (including phenoxy) is 1. The standard InChI is InChI=1S/C17H18ClN3O3S/c1-24-14(22)8-5-9-19-16(23)15-13(18)10-20-17(21-15)25-11-12-6-3-2-4-7-12/h2-4,6-7,10H,5,8-9,11H2,1H3,(H,19,23). The Labute approximate surface area is 155 Å². The highest BCUT2D eigenvalue weighted by molar-refractivity contribution is 7.98. The third-order valence-electron chi connectivity index (χ3n) is 3.22. The molecule has 0 aliphatic heterocycles. The second-order valence-corrected chi connectivity index (χ2v) is 6.41. The number of rotatable bonds is 8. The molecule has 1 amide bonds. The Hall–Kier alpha value is -2.12. The van der Waals surface area contributed by atoms with Crippen molar-refractivity contribution in [1.29, 1.82) is 0 Å². The molecule has 1 heterocycles. The molecule has 1 aromatic carbocycles. The molecule has 0 saturated heterocycles. The molecule has 0 radical (unpaired) electrons. The van der Waals surface area contributed by atoms with E-state index in [1.54, 1.807) is 0 Å². The second-order valence-electron chi connectivity index (χ2n) is 5.06. The fourth-order valence-electron chi connectivity index (χ4n) is 1.92. The van der Waals surface area contributed by atoms with Gasteiger partial charge in [-0.25, -0.2) is 9.97 Å². The van der Waals surface area contributed by atoms with Gasteiger partial charge in [0.05, 0.1) is 18.3 Å². The molecule has 6 nitrogen and oxygen atoms in total. The summed E-state index contributed by atoms with van der Waals surface area (Å²) in [6, 6.07) is 9.91. The monoisotopic (exact) mass is 379 g/mol. The van der Waals surface area contributed by atoms with Crippen LogP contribution >= 0.6 is 23.4 Å². The zero-order valence-electron chi connectivity index (χ0n) is 13.7. The number of amides is 1. The van der Waals surface area contributed by atoms with E-state index in [9.17, 15) is 9.59 Å². The van der Waals surface area contributed by atoms with Crippen LogP contribution in [0.15, 0.2) is 41.7 Å². The lowest BCUT2D eigenvalue weighted by Gasteiger charge is -2.07. The summed E-state index contributed by atoms with van der Waals surface area (Å²) in [5.74, 6) is -0.00408. The van der Waals surface area contributed by atoms with Gasteiger partial charge in [0.1, 0.15) is 0 Å². The molecule has 1 N–H and O–H groups in total. The summed E-state index contributed by atoms with van der Waals surface area (Å²) in [6.45, 7) is 0.334. The summed E-state index contributed by atoms with van der Waals surface area (Å²) < 4.78 is 4.54. The Kier molecular flexibility index (Phi) is 7.69. The average molecular weight is 380 g/mol. The summed E-state index contributed by atoms with van der Waals surface area (Å²) in [5, 5.41) is 3.36. The quantitative estimate of drug-likeness (QED) is 0.328. The summed E-state index contributed by atoms with van der Waals surface area (Å²) in [4.78, 5) is 31.6. The van der Waals surface area contributed by atoms with Gasteiger partial charge in [-0.2, -0.15) is 0 Å². The number of thioether (sulfide) groups is 1. The van der Waals surface area contributed by atoms with E-state index in [4.69, 9.17) is 11.6 Å². The van der Waals surface area contributed by atoms with E-state index >= 15 is 0 Å². The van der Waals surface area contributed by atoms with Crippen molar-refractivity contribution in [3.05, 3.63) is 52.8 Å². The summed E-state index contributed by atoms with van der Waals surface area (Å²) in [5.41, 5.74) is 1.27. The van der Waals surface area contributed by atoms with Crippen LogP contribution in [0.1, 0.15) is 28.9 Å². The Morgan fingerprint density at radius 2 is 2.04 bits per heavy atom. The van der Waals surface area contributed by atoms with Crippen LogP contribution in [-0.2, 0) is 15.3 Å². The van der Waals surface area contributed by atoms with Gasteiger partial charge in [-0.1, -0.05) is 53.7 Å². The van der Waals surface area contributed by atoms with E-state index in [1.165, 1.54) is 25.1 Å². The van der Waals surface area contributed by atoms with Crippen molar-refractivity contribution in [2.24, 2.45) is 0 Å². The molecule has 0 spiro atoms. The van der Waals surface area contributed by atoms with Crippen molar-refractivity contribution in [3.8, 4) is 0 Å². The van der Waals surface area contributed by atoms with Crippen molar-refractivity contribution in [2.75, 3.05) is 13.7 Å². The van der Waals surface area contributed by atoms with E-state index in [1.807, 2.05) is 30.3 Å². The van der Waals surface area contributed by atoms with Gasteiger partial charge in [0.2, 0.25) is 0 Å². The molecular formula is C17H18ClN3O3S. The summed E-state index contributed by atoms with van der Waals surface area (Å²) >= 11 is 7.45. The van der Waals surface area contributed by atoms with Crippen molar-refractivity contribution in [1.82, 2.24) is 15.3 Å². The molecule has 0 bridgehead atoms. The number of carbonyl (C=O) groups excluding carboxylic acids is 2. The van der Waals surface area contributed by atoms with Crippen LogP contribution in [0.3, 0.4) is 0 Å². The van der Waals surface area contributed by atoms with Crippen LogP contribution in [0, 0.1) is 0 Å². The maximum absolute atomic E-state index is 12.2. The van der Waals surface area contributed by atoms with Gasteiger partial charge in [0, 0.05) is 18.7 Å². The predicted octanol–water partition coefficient (Wildman–Crippen LogP) is 3.11. The van der Waals surface area contributed by atoms with Crippen LogP contribution in [0.4, 0.5) is 0 Å². The smallest absolute Gasteiger partial charge is 0.305 e. The number of hydrogen-bond acceptors (Lipinski definition) is 6. The van der Waals surface area contributed by atoms with E-state index in [0.29, 0.717) is 23.9 Å². The number of nitrogens with zero attached hydrogens (tertiary/aromatic N) is 2. The fourth-order valence-corrected chi connectivity index (χ4v) is 2.87. The van der Waals surface area contributed by atoms with Gasteiger partial charge in [0.15, 0.2) is 10.9 Å². The molecule has 0 atom stereocenters. The Bertz CT molecular complexity index is 728. The topological polar surface area (TPSA) is 81.2 Å². The number of halogens is 1. The van der Waals surface area contributed by atoms with Gasteiger partial charge in [-0.15, -0.1) is 0 Å². The molecule has 0 aliphatic carbocycles. The second kappa shape index (κ2) is 10.0. The first-order valence-corrected chi connectivity index (χ1v) is 9.01. The summed E-state index contributed by atoms with van der Waals surface area (Å²) in [7, 11) is 1.33. The lowest BCUT2D eigenvalue weighted by atomic mass is 10.2. The van der Waals surface area contributed by atoms with Crippen molar-refractivity contribution in [2.45, 2.75) is 23.8 Å². The number of esters is 1. The van der Waals surface area contributed by atoms with Gasteiger partial charge in [-0.3, -0.25) is 9.59 Å². The number of carbonyl (C=O) groups is 2. The average Bonchev–Trinajstić information content (AvgIpc) is 2.65. The van der Waals surface area contributed by atoms with Crippen LogP contribution in [0.2, 0.25) is 5.02 Å². The number of benzene rings is 1. The number of nitrogens with one attached hydrogen (secondary N) is 1. The Morgan fingerprint density at radius 3 is 2.76 bits per heavy atom. The minimum absolute atomic E-state index is 0.130. The van der Waals surface area contributed by atoms with Crippen LogP contribution in [0.25, 0.3) is 0 Å². The highest BCUT2D eigenvalue weighted by Gasteiger charge is 2.14. The highest BCUT2D eigenvalue weighted by atomic mass is 35.5. The maximum Gasteiger partial charge on any atom is 0.305 e. The molecule has 132 valence electrons. The lowest BCUT2D eigenvalue weighted by molar-refractivity contribution is -0.140. The molecule has 0 saturated carbocycles. The first-order chi connectivity index (χ1) is 12.1. The van der Waals surface area contributed by atoms with Crippen LogP contribution < -0.4 is 5.32 Å². The van der Waals surface area contributed by atoms with E-state index in [-0.39, 0.29) is 29.0 Å². The molecule has 2 aromatic rings. The molecule has 8 heteroatoms. The lowest BCUT2D eigenvalue weighted by Crippen LogP contribution is -2.26. The van der Waals surface area contributed by atoms with Gasteiger partial charge >= 0.3 is 5.97 Å². The molecular weight excluding hydrogens is 362 g/mol. The van der Waals surface area contributed by atoms with Gasteiger partial charge in [0.25, 0.3) is 5.91 Å². The number of methoxy groups -OCH3 is 1. The summed E-state index contributed by atoms with van der Waals surface area (Å²) in [6.07, 6.45) is 2.15. The van der Waals surface area contributed by atoms with E-state index < -0.39 is 0 Å². The van der Waals surface area contributed by atoms with E-state index in [0.717, 1.165) is 5.56 Å². The Balaban J connectivity index is 1.91. The predicted molar refractivity (Wildman–Crippen MR) is 96.6 cm³/mol. The SMILES string of the molecule is COC(=O)CCCNC(=O)c1nc(SCc2ccccc2)ncc1Cl. The fraction of sp³-hybridized carbons (Fsp3) is 0.294. The largest absolute Gasteiger partial charge is 0.469 e.